The number of hydrogen-bond donors (Lipinski definition) is 1. The number of methoxy groups -OCH3 is 1. The van der Waals surface area contributed by atoms with Crippen LogP contribution in [0.1, 0.15) is 21.5 Å². The van der Waals surface area contributed by atoms with Crippen molar-refractivity contribution in [2.24, 2.45) is 5.73 Å². The van der Waals surface area contributed by atoms with E-state index in [9.17, 15) is 9.59 Å². The maximum atomic E-state index is 11.4. The van der Waals surface area contributed by atoms with Crippen molar-refractivity contribution in [1.82, 2.24) is 9.88 Å². The van der Waals surface area contributed by atoms with Gasteiger partial charge in [0, 0.05) is 18.9 Å². The molecule has 0 unspecified atom stereocenters. The molecule has 0 spiro atoms. The molecule has 0 aromatic carbocycles. The number of carbonyl (C=O) groups excluding carboxylic acids is 2. The summed E-state index contributed by atoms with van der Waals surface area (Å²) in [7, 11) is 1.34. The van der Waals surface area contributed by atoms with Crippen LogP contribution in [-0.4, -0.2) is 35.5 Å². The SMILES string of the molecule is COC(=O)N1CCc2c(cncc2C(N)=O)C1. The standard InChI is InChI=1S/C11H13N3O3/c1-17-11(16)14-3-2-8-7(6-14)4-13-5-9(8)10(12)15/h4-5H,2-3,6H2,1H3,(H2,12,15). The molecule has 2 N–H and O–H groups in total. The van der Waals surface area contributed by atoms with E-state index in [-0.39, 0.29) is 6.09 Å². The number of fused-ring (bicyclic) bond motifs is 1. The predicted molar refractivity (Wildman–Crippen MR) is 59.3 cm³/mol. The Balaban J connectivity index is 2.31. The fourth-order valence-electron chi connectivity index (χ4n) is 1.99. The van der Waals surface area contributed by atoms with Crippen molar-refractivity contribution in [2.45, 2.75) is 13.0 Å². The molecular formula is C11H13N3O3. The third-order valence-electron chi connectivity index (χ3n) is 2.84. The summed E-state index contributed by atoms with van der Waals surface area (Å²) in [6.45, 7) is 0.917. The van der Waals surface area contributed by atoms with Gasteiger partial charge in [0.2, 0.25) is 0 Å². The summed E-state index contributed by atoms with van der Waals surface area (Å²) in [6.07, 6.45) is 3.33. The minimum Gasteiger partial charge on any atom is -0.453 e. The van der Waals surface area contributed by atoms with Crippen LogP contribution < -0.4 is 5.73 Å². The van der Waals surface area contributed by atoms with Crippen LogP contribution in [0.3, 0.4) is 0 Å². The summed E-state index contributed by atoms with van der Waals surface area (Å²) in [6, 6.07) is 0. The molecule has 1 aliphatic heterocycles. The number of carbonyl (C=O) groups is 2. The smallest absolute Gasteiger partial charge is 0.409 e. The number of hydrogen-bond acceptors (Lipinski definition) is 4. The van der Waals surface area contributed by atoms with Gasteiger partial charge in [0.25, 0.3) is 5.91 Å². The molecule has 1 aliphatic rings. The zero-order chi connectivity index (χ0) is 12.4. The van der Waals surface area contributed by atoms with Crippen molar-refractivity contribution in [2.75, 3.05) is 13.7 Å². The van der Waals surface area contributed by atoms with Crippen LogP contribution in [0.5, 0.6) is 0 Å². The number of nitrogens with zero attached hydrogens (tertiary/aromatic N) is 2. The summed E-state index contributed by atoms with van der Waals surface area (Å²) < 4.78 is 4.66. The molecule has 90 valence electrons. The van der Waals surface area contributed by atoms with Crippen LogP contribution in [0.15, 0.2) is 12.4 Å². The number of pyridine rings is 1. The van der Waals surface area contributed by atoms with Crippen molar-refractivity contribution in [1.29, 1.82) is 0 Å². The first-order valence-corrected chi connectivity index (χ1v) is 5.22. The molecule has 2 heterocycles. The molecule has 0 saturated carbocycles. The van der Waals surface area contributed by atoms with Crippen LogP contribution in [0, 0.1) is 0 Å². The van der Waals surface area contributed by atoms with E-state index in [2.05, 4.69) is 9.72 Å². The lowest BCUT2D eigenvalue weighted by molar-refractivity contribution is 0.0997. The van der Waals surface area contributed by atoms with Crippen LogP contribution in [0.4, 0.5) is 4.79 Å². The lowest BCUT2D eigenvalue weighted by atomic mass is 9.97. The van der Waals surface area contributed by atoms with E-state index in [1.54, 1.807) is 11.1 Å². The Morgan fingerprint density at radius 2 is 2.24 bits per heavy atom. The lowest BCUT2D eigenvalue weighted by Gasteiger charge is -2.28. The molecule has 6 nitrogen and oxygen atoms in total. The van der Waals surface area contributed by atoms with Gasteiger partial charge in [0.05, 0.1) is 19.2 Å². The summed E-state index contributed by atoms with van der Waals surface area (Å²) in [5.41, 5.74) is 7.44. The van der Waals surface area contributed by atoms with Gasteiger partial charge in [-0.05, 0) is 17.5 Å². The molecule has 2 amide bonds. The fourth-order valence-corrected chi connectivity index (χ4v) is 1.99. The van der Waals surface area contributed by atoms with Gasteiger partial charge in [-0.1, -0.05) is 0 Å². The summed E-state index contributed by atoms with van der Waals surface area (Å²) in [4.78, 5) is 28.1. The summed E-state index contributed by atoms with van der Waals surface area (Å²) >= 11 is 0. The van der Waals surface area contributed by atoms with Crippen LogP contribution in [0.2, 0.25) is 0 Å². The van der Waals surface area contributed by atoms with Crippen molar-refractivity contribution >= 4 is 12.0 Å². The molecule has 0 bridgehead atoms. The van der Waals surface area contributed by atoms with E-state index < -0.39 is 5.91 Å². The Morgan fingerprint density at radius 3 is 2.88 bits per heavy atom. The highest BCUT2D eigenvalue weighted by molar-refractivity contribution is 5.94. The minimum absolute atomic E-state index is 0.375. The van der Waals surface area contributed by atoms with E-state index in [1.807, 2.05) is 0 Å². The Hall–Kier alpha value is -2.11. The van der Waals surface area contributed by atoms with E-state index in [1.165, 1.54) is 13.3 Å². The van der Waals surface area contributed by atoms with Gasteiger partial charge in [-0.15, -0.1) is 0 Å². The number of rotatable bonds is 1. The highest BCUT2D eigenvalue weighted by atomic mass is 16.5. The monoisotopic (exact) mass is 235 g/mol. The van der Waals surface area contributed by atoms with Crippen molar-refractivity contribution < 1.29 is 14.3 Å². The second kappa shape index (κ2) is 4.40. The Morgan fingerprint density at radius 1 is 1.47 bits per heavy atom. The molecule has 1 aromatic heterocycles. The summed E-state index contributed by atoms with van der Waals surface area (Å²) in [5.74, 6) is -0.485. The maximum Gasteiger partial charge on any atom is 0.409 e. The first-order valence-electron chi connectivity index (χ1n) is 5.22. The first kappa shape index (κ1) is 11.4. The molecule has 0 atom stereocenters. The second-order valence-electron chi connectivity index (χ2n) is 3.83. The molecule has 0 radical (unpaired) electrons. The lowest BCUT2D eigenvalue weighted by Crippen LogP contribution is -2.36. The minimum atomic E-state index is -0.485. The van der Waals surface area contributed by atoms with Gasteiger partial charge in [0.15, 0.2) is 0 Å². The molecule has 17 heavy (non-hydrogen) atoms. The highest BCUT2D eigenvalue weighted by Crippen LogP contribution is 2.21. The zero-order valence-electron chi connectivity index (χ0n) is 9.47. The molecule has 1 aromatic rings. The van der Waals surface area contributed by atoms with Crippen molar-refractivity contribution in [3.05, 3.63) is 29.1 Å². The summed E-state index contributed by atoms with van der Waals surface area (Å²) in [5, 5.41) is 0. The zero-order valence-corrected chi connectivity index (χ0v) is 9.47. The maximum absolute atomic E-state index is 11.4. The second-order valence-corrected chi connectivity index (χ2v) is 3.83. The largest absolute Gasteiger partial charge is 0.453 e. The van der Waals surface area contributed by atoms with Gasteiger partial charge >= 0.3 is 6.09 Å². The van der Waals surface area contributed by atoms with E-state index in [0.29, 0.717) is 25.1 Å². The van der Waals surface area contributed by atoms with Crippen molar-refractivity contribution in [3.63, 3.8) is 0 Å². The topological polar surface area (TPSA) is 85.5 Å². The van der Waals surface area contributed by atoms with Gasteiger partial charge in [-0.3, -0.25) is 9.78 Å². The number of amides is 2. The molecule has 2 rings (SSSR count). The van der Waals surface area contributed by atoms with Crippen molar-refractivity contribution in [3.8, 4) is 0 Å². The van der Waals surface area contributed by atoms with Gasteiger partial charge in [-0.2, -0.15) is 0 Å². The molecule has 0 aliphatic carbocycles. The molecule has 6 heteroatoms. The van der Waals surface area contributed by atoms with Crippen LogP contribution in [-0.2, 0) is 17.7 Å². The number of ether oxygens (including phenoxy) is 1. The molecular weight excluding hydrogens is 222 g/mol. The van der Waals surface area contributed by atoms with Crippen LogP contribution in [0.25, 0.3) is 0 Å². The average Bonchev–Trinajstić information content (AvgIpc) is 2.36. The average molecular weight is 235 g/mol. The van der Waals surface area contributed by atoms with E-state index in [0.717, 1.165) is 11.1 Å². The number of nitrogens with two attached hydrogens (primary N) is 1. The molecule has 0 saturated heterocycles. The first-order chi connectivity index (χ1) is 8.13. The highest BCUT2D eigenvalue weighted by Gasteiger charge is 2.24. The van der Waals surface area contributed by atoms with E-state index in [4.69, 9.17) is 5.73 Å². The normalized spacial score (nSPS) is 14.1. The molecule has 0 fully saturated rings. The van der Waals surface area contributed by atoms with Gasteiger partial charge in [-0.25, -0.2) is 4.79 Å². The van der Waals surface area contributed by atoms with E-state index >= 15 is 0 Å². The Bertz CT molecular complexity index is 473. The van der Waals surface area contributed by atoms with Gasteiger partial charge in [0.1, 0.15) is 0 Å². The predicted octanol–water partition coefficient (Wildman–Crippen LogP) is 0.305. The third kappa shape index (κ3) is 2.06. The number of primary amides is 1. The Labute approximate surface area is 98.4 Å². The van der Waals surface area contributed by atoms with Crippen LogP contribution >= 0.6 is 0 Å². The number of aromatic nitrogens is 1. The Kier molecular flexibility index (Phi) is 2.95. The quantitative estimate of drug-likeness (QED) is 0.758. The third-order valence-corrected chi connectivity index (χ3v) is 2.84. The van der Waals surface area contributed by atoms with Gasteiger partial charge < -0.3 is 15.4 Å². The fraction of sp³-hybridized carbons (Fsp3) is 0.364.